The highest BCUT2D eigenvalue weighted by Crippen LogP contribution is 2.53. The maximum absolute atomic E-state index is 14.7. The zero-order chi connectivity index (χ0) is 26.4. The van der Waals surface area contributed by atoms with Crippen molar-refractivity contribution in [2.75, 3.05) is 4.90 Å². The van der Waals surface area contributed by atoms with Crippen molar-refractivity contribution in [1.82, 2.24) is 4.90 Å². The van der Waals surface area contributed by atoms with E-state index in [-0.39, 0.29) is 48.9 Å². The molecule has 3 aliphatic carbocycles. The van der Waals surface area contributed by atoms with E-state index in [2.05, 4.69) is 12.1 Å². The fourth-order valence-corrected chi connectivity index (χ4v) is 6.88. The molecule has 1 heterocycles. The number of aliphatic carboxylic acids is 1. The maximum Gasteiger partial charge on any atom is 0.414 e. The van der Waals surface area contributed by atoms with Crippen LogP contribution in [0, 0.1) is 11.7 Å². The average molecular weight is 521 g/mol. The number of amides is 2. The standard InChI is InChI=1S/C30H33FN2O5/c31-20-9-13-26-24(17-20)29(32(21-10-11-21)27(34)14-15-28(35)36)23-6-3-7-25(23)33(26)30(37)38-22-12-8-18-4-1-2-5-19(18)16-22/h1-2,4-5,9,13,17,21-23,25,29H,3,6-8,10-12,14-16H2,(H,35,36). The van der Waals surface area contributed by atoms with Gasteiger partial charge in [0.25, 0.3) is 0 Å². The first kappa shape index (κ1) is 24.9. The van der Waals surface area contributed by atoms with Gasteiger partial charge in [0.15, 0.2) is 0 Å². The number of carboxylic acids is 1. The van der Waals surface area contributed by atoms with E-state index in [1.807, 2.05) is 17.0 Å². The molecule has 0 bridgehead atoms. The van der Waals surface area contributed by atoms with Gasteiger partial charge in [0, 0.05) is 36.4 Å². The van der Waals surface area contributed by atoms with Crippen molar-refractivity contribution in [1.29, 1.82) is 0 Å². The number of anilines is 1. The van der Waals surface area contributed by atoms with Crippen molar-refractivity contribution in [2.24, 2.45) is 5.92 Å². The minimum atomic E-state index is -1.01. The molecule has 4 aliphatic rings. The number of carbonyl (C=O) groups excluding carboxylic acids is 2. The normalized spacial score (nSPS) is 25.7. The smallest absolute Gasteiger partial charge is 0.414 e. The summed E-state index contributed by atoms with van der Waals surface area (Å²) >= 11 is 0. The molecule has 0 radical (unpaired) electrons. The third-order valence-corrected chi connectivity index (χ3v) is 8.68. The Morgan fingerprint density at radius 3 is 2.55 bits per heavy atom. The molecule has 0 spiro atoms. The maximum atomic E-state index is 14.7. The first-order valence-electron chi connectivity index (χ1n) is 13.8. The second kappa shape index (κ2) is 10.0. The van der Waals surface area contributed by atoms with Gasteiger partial charge in [0.05, 0.1) is 18.2 Å². The van der Waals surface area contributed by atoms with E-state index in [0.29, 0.717) is 17.7 Å². The number of hydrogen-bond acceptors (Lipinski definition) is 4. The van der Waals surface area contributed by atoms with Gasteiger partial charge < -0.3 is 14.7 Å². The molecule has 4 unspecified atom stereocenters. The second-order valence-corrected chi connectivity index (χ2v) is 11.1. The average Bonchev–Trinajstić information content (AvgIpc) is 3.62. The Morgan fingerprint density at radius 2 is 1.79 bits per heavy atom. The first-order valence-corrected chi connectivity index (χ1v) is 13.8. The number of hydrogen-bond donors (Lipinski definition) is 1. The van der Waals surface area contributed by atoms with Crippen molar-refractivity contribution in [3.8, 4) is 0 Å². The number of rotatable bonds is 6. The fraction of sp³-hybridized carbons (Fsp3) is 0.500. The van der Waals surface area contributed by atoms with E-state index >= 15 is 0 Å². The summed E-state index contributed by atoms with van der Waals surface area (Å²) in [6.45, 7) is 0. The third kappa shape index (κ3) is 4.65. The quantitative estimate of drug-likeness (QED) is 0.551. The van der Waals surface area contributed by atoms with E-state index in [0.717, 1.165) is 44.9 Å². The summed E-state index contributed by atoms with van der Waals surface area (Å²) in [5, 5.41) is 9.16. The number of aryl methyl sites for hydroxylation is 1. The van der Waals surface area contributed by atoms with Crippen LogP contribution < -0.4 is 4.90 Å². The Morgan fingerprint density at radius 1 is 1.00 bits per heavy atom. The van der Waals surface area contributed by atoms with Crippen molar-refractivity contribution < 1.29 is 28.6 Å². The van der Waals surface area contributed by atoms with Crippen LogP contribution in [0.25, 0.3) is 0 Å². The molecule has 1 N–H and O–H groups in total. The molecule has 0 saturated heterocycles. The summed E-state index contributed by atoms with van der Waals surface area (Å²) in [6, 6.07) is 12.2. The van der Waals surface area contributed by atoms with Crippen molar-refractivity contribution in [3.05, 3.63) is 65.0 Å². The molecule has 6 rings (SSSR count). The molecule has 1 aliphatic heterocycles. The Labute approximate surface area is 221 Å². The molecule has 200 valence electrons. The van der Waals surface area contributed by atoms with Crippen LogP contribution in [0.3, 0.4) is 0 Å². The largest absolute Gasteiger partial charge is 0.481 e. The van der Waals surface area contributed by atoms with Crippen LogP contribution in [0.1, 0.15) is 74.1 Å². The van der Waals surface area contributed by atoms with E-state index < -0.39 is 17.9 Å². The summed E-state index contributed by atoms with van der Waals surface area (Å²) in [7, 11) is 0. The van der Waals surface area contributed by atoms with Crippen LogP contribution in [0.2, 0.25) is 0 Å². The molecule has 2 aromatic rings. The number of ether oxygens (including phenoxy) is 1. The molecule has 2 saturated carbocycles. The lowest BCUT2D eigenvalue weighted by Gasteiger charge is -2.47. The van der Waals surface area contributed by atoms with Gasteiger partial charge in [-0.15, -0.1) is 0 Å². The molecule has 4 atom stereocenters. The van der Waals surface area contributed by atoms with Crippen molar-refractivity contribution >= 4 is 23.7 Å². The molecule has 2 fully saturated rings. The van der Waals surface area contributed by atoms with E-state index in [1.54, 1.807) is 11.0 Å². The Kier molecular flexibility index (Phi) is 6.58. The van der Waals surface area contributed by atoms with Crippen LogP contribution in [0.4, 0.5) is 14.9 Å². The first-order chi connectivity index (χ1) is 18.4. The summed E-state index contributed by atoms with van der Waals surface area (Å²) < 4.78 is 20.8. The number of carboxylic acid groups (broad SMARTS) is 1. The monoisotopic (exact) mass is 520 g/mol. The summed E-state index contributed by atoms with van der Waals surface area (Å²) in [5.41, 5.74) is 3.72. The fourth-order valence-electron chi connectivity index (χ4n) is 6.88. The van der Waals surface area contributed by atoms with Gasteiger partial charge in [-0.1, -0.05) is 30.7 Å². The SMILES string of the molecule is O=C(O)CCC(=O)N(C1CC1)C1c2cc(F)ccc2N(C(=O)OC2CCc3ccccc3C2)C2CCCC21. The Balaban J connectivity index is 1.31. The van der Waals surface area contributed by atoms with Crippen molar-refractivity contribution in [3.63, 3.8) is 0 Å². The lowest BCUT2D eigenvalue weighted by molar-refractivity contribution is -0.142. The highest BCUT2D eigenvalue weighted by molar-refractivity contribution is 5.91. The molecule has 38 heavy (non-hydrogen) atoms. The number of nitrogens with zero attached hydrogens (tertiary/aromatic N) is 2. The molecule has 0 aromatic heterocycles. The van der Waals surface area contributed by atoms with Crippen LogP contribution in [0.15, 0.2) is 42.5 Å². The predicted molar refractivity (Wildman–Crippen MR) is 138 cm³/mol. The number of benzene rings is 2. The van der Waals surface area contributed by atoms with Crippen LogP contribution in [-0.2, 0) is 27.2 Å². The number of fused-ring (bicyclic) bond motifs is 3. The van der Waals surface area contributed by atoms with E-state index in [1.165, 1.54) is 23.3 Å². The number of carbonyl (C=O) groups is 3. The Bertz CT molecular complexity index is 1260. The third-order valence-electron chi connectivity index (χ3n) is 8.68. The molecule has 2 amide bonds. The van der Waals surface area contributed by atoms with Gasteiger partial charge in [-0.2, -0.15) is 0 Å². The minimum absolute atomic E-state index is 0.0273. The number of halogens is 1. The van der Waals surface area contributed by atoms with Crippen LogP contribution in [-0.4, -0.2) is 46.2 Å². The lowest BCUT2D eigenvalue weighted by atomic mass is 9.81. The predicted octanol–water partition coefficient (Wildman–Crippen LogP) is 5.41. The highest BCUT2D eigenvalue weighted by atomic mass is 19.1. The second-order valence-electron chi connectivity index (χ2n) is 11.1. The van der Waals surface area contributed by atoms with E-state index in [4.69, 9.17) is 9.84 Å². The van der Waals surface area contributed by atoms with Gasteiger partial charge in [0.2, 0.25) is 5.91 Å². The molecule has 7 nitrogen and oxygen atoms in total. The summed E-state index contributed by atoms with van der Waals surface area (Å²) in [6.07, 6.45) is 5.53. The topological polar surface area (TPSA) is 87.2 Å². The summed E-state index contributed by atoms with van der Waals surface area (Å²) in [4.78, 5) is 41.8. The summed E-state index contributed by atoms with van der Waals surface area (Å²) in [5.74, 6) is -1.70. The molecule has 8 heteroatoms. The van der Waals surface area contributed by atoms with Gasteiger partial charge in [0.1, 0.15) is 11.9 Å². The zero-order valence-corrected chi connectivity index (χ0v) is 21.4. The highest BCUT2D eigenvalue weighted by Gasteiger charge is 2.52. The van der Waals surface area contributed by atoms with Gasteiger partial charge >= 0.3 is 12.1 Å². The van der Waals surface area contributed by atoms with Gasteiger partial charge in [-0.25, -0.2) is 9.18 Å². The van der Waals surface area contributed by atoms with Gasteiger partial charge in [-0.05, 0) is 67.9 Å². The molecular weight excluding hydrogens is 487 g/mol. The lowest BCUT2D eigenvalue weighted by Crippen LogP contribution is -2.53. The van der Waals surface area contributed by atoms with Crippen molar-refractivity contribution in [2.45, 2.75) is 88.4 Å². The van der Waals surface area contributed by atoms with Gasteiger partial charge in [-0.3, -0.25) is 14.5 Å². The molecule has 2 aromatic carbocycles. The van der Waals surface area contributed by atoms with Crippen LogP contribution >= 0.6 is 0 Å². The minimum Gasteiger partial charge on any atom is -0.481 e. The Hall–Kier alpha value is -3.42. The van der Waals surface area contributed by atoms with E-state index in [9.17, 15) is 18.8 Å². The molecular formula is C30H33FN2O5. The zero-order valence-electron chi connectivity index (χ0n) is 21.4. The van der Waals surface area contributed by atoms with Crippen LogP contribution in [0.5, 0.6) is 0 Å².